The summed E-state index contributed by atoms with van der Waals surface area (Å²) in [7, 11) is 0. The van der Waals surface area contributed by atoms with Crippen molar-refractivity contribution in [1.82, 2.24) is 0 Å². The summed E-state index contributed by atoms with van der Waals surface area (Å²) < 4.78 is 3.19. The monoisotopic (exact) mass is 164 g/mol. The van der Waals surface area contributed by atoms with Crippen LogP contribution in [0.2, 0.25) is 0 Å². The standard InChI is InChI=1S/C3H7Cl.Cl2O/c1-2-3-4;1-3-2/h2-3H2,1H3;. The number of rotatable bonds is 1. The van der Waals surface area contributed by atoms with Crippen LogP contribution in [0.15, 0.2) is 0 Å². The fourth-order valence-corrected chi connectivity index (χ4v) is 0. The lowest BCUT2D eigenvalue weighted by atomic mass is 10.6. The van der Waals surface area contributed by atoms with Gasteiger partial charge in [0.2, 0.25) is 0 Å². The molecule has 0 unspecified atom stereocenters. The maximum Gasteiger partial charge on any atom is 0.0832 e. The highest BCUT2D eigenvalue weighted by molar-refractivity contribution is 6.24. The first kappa shape index (κ1) is 10.7. The Labute approximate surface area is 58.8 Å². The summed E-state index contributed by atoms with van der Waals surface area (Å²) >= 11 is 13.7. The van der Waals surface area contributed by atoms with E-state index in [1.165, 1.54) is 0 Å². The molecule has 4 heteroatoms. The molecule has 0 N–H and O–H groups in total. The van der Waals surface area contributed by atoms with Gasteiger partial charge in [0.1, 0.15) is 0 Å². The van der Waals surface area contributed by atoms with Crippen LogP contribution >= 0.6 is 35.3 Å². The Bertz CT molecular complexity index is 17.7. The Morgan fingerprint density at radius 3 is 1.57 bits per heavy atom. The van der Waals surface area contributed by atoms with Gasteiger partial charge in [-0.3, -0.25) is 0 Å². The first-order chi connectivity index (χ1) is 3.33. The molecule has 0 spiro atoms. The Morgan fingerprint density at radius 2 is 1.57 bits per heavy atom. The van der Waals surface area contributed by atoms with E-state index in [2.05, 4.69) is 27.6 Å². The normalized spacial score (nSPS) is 6.86. The van der Waals surface area contributed by atoms with Crippen molar-refractivity contribution in [3.63, 3.8) is 0 Å². The summed E-state index contributed by atoms with van der Waals surface area (Å²) in [6.07, 6.45) is 1.08. The van der Waals surface area contributed by atoms with Crippen molar-refractivity contribution in [3.05, 3.63) is 0 Å². The third kappa shape index (κ3) is 47.6. The van der Waals surface area contributed by atoms with Gasteiger partial charge in [0.15, 0.2) is 0 Å². The van der Waals surface area contributed by atoms with Crippen molar-refractivity contribution >= 4 is 35.3 Å². The maximum atomic E-state index is 5.19. The molecule has 0 bridgehead atoms. The number of alkyl halides is 1. The van der Waals surface area contributed by atoms with Crippen molar-refractivity contribution in [3.8, 4) is 0 Å². The van der Waals surface area contributed by atoms with Crippen molar-refractivity contribution in [2.75, 3.05) is 5.88 Å². The maximum absolute atomic E-state index is 5.19. The second-order valence-corrected chi connectivity index (χ2v) is 1.59. The molecule has 0 rings (SSSR count). The lowest BCUT2D eigenvalue weighted by Gasteiger charge is -1.65. The Morgan fingerprint density at radius 1 is 1.43 bits per heavy atom. The Hall–Kier alpha value is 0.830. The average Bonchev–Trinajstić information content (AvgIpc) is 1.69. The predicted molar refractivity (Wildman–Crippen MR) is 33.8 cm³/mol. The summed E-state index contributed by atoms with van der Waals surface area (Å²) in [5.74, 6) is 0.792. The second kappa shape index (κ2) is 15.8. The molecule has 0 aromatic carbocycles. The van der Waals surface area contributed by atoms with Crippen LogP contribution in [-0.4, -0.2) is 5.88 Å². The zero-order chi connectivity index (χ0) is 6.12. The Balaban J connectivity index is 0. The van der Waals surface area contributed by atoms with E-state index >= 15 is 0 Å². The SMILES string of the molecule is CCCCl.ClOCl. The molecule has 0 fully saturated rings. The Kier molecular flexibility index (Phi) is 24.3. The van der Waals surface area contributed by atoms with Crippen LogP contribution in [0.1, 0.15) is 13.3 Å². The zero-order valence-electron chi connectivity index (χ0n) is 3.96. The average molecular weight is 165 g/mol. The summed E-state index contributed by atoms with van der Waals surface area (Å²) in [5.41, 5.74) is 0. The van der Waals surface area contributed by atoms with Gasteiger partial charge in [-0.25, -0.2) is 0 Å². The van der Waals surface area contributed by atoms with Crippen LogP contribution in [0.5, 0.6) is 0 Å². The fraction of sp³-hybridized carbons (Fsp3) is 1.00. The first-order valence-corrected chi connectivity index (χ1v) is 2.93. The van der Waals surface area contributed by atoms with Crippen molar-refractivity contribution in [1.29, 1.82) is 0 Å². The molecular weight excluding hydrogens is 158 g/mol. The first-order valence-electron chi connectivity index (χ1n) is 1.78. The van der Waals surface area contributed by atoms with E-state index in [4.69, 9.17) is 11.6 Å². The van der Waals surface area contributed by atoms with Gasteiger partial charge in [0, 0.05) is 5.88 Å². The molecule has 0 aromatic heterocycles. The van der Waals surface area contributed by atoms with E-state index in [-0.39, 0.29) is 0 Å². The van der Waals surface area contributed by atoms with E-state index in [1.807, 2.05) is 6.92 Å². The van der Waals surface area contributed by atoms with Gasteiger partial charge in [-0.15, -0.1) is 11.6 Å². The zero-order valence-corrected chi connectivity index (χ0v) is 6.22. The number of hydrogen-bond donors (Lipinski definition) is 0. The van der Waals surface area contributed by atoms with E-state index in [9.17, 15) is 0 Å². The molecule has 0 amide bonds. The van der Waals surface area contributed by atoms with Gasteiger partial charge in [0.05, 0.1) is 23.7 Å². The molecule has 0 aliphatic carbocycles. The van der Waals surface area contributed by atoms with Gasteiger partial charge >= 0.3 is 0 Å². The minimum atomic E-state index is 0.792. The highest BCUT2D eigenvalue weighted by Gasteiger charge is 1.59. The fourth-order valence-electron chi connectivity index (χ4n) is 0. The molecule has 0 radical (unpaired) electrons. The second-order valence-electron chi connectivity index (χ2n) is 0.747. The molecular formula is C3H7Cl3O. The molecule has 0 aromatic rings. The molecule has 0 atom stereocenters. The lowest BCUT2D eigenvalue weighted by molar-refractivity contribution is 0.697. The highest BCUT2D eigenvalue weighted by Crippen LogP contribution is 1.78. The van der Waals surface area contributed by atoms with E-state index in [0.29, 0.717) is 0 Å². The predicted octanol–water partition coefficient (Wildman–Crippen LogP) is 2.95. The van der Waals surface area contributed by atoms with E-state index in [0.717, 1.165) is 12.3 Å². The molecule has 0 saturated heterocycles. The quantitative estimate of drug-likeness (QED) is 0.543. The van der Waals surface area contributed by atoms with Crippen LogP contribution in [-0.2, 0) is 3.84 Å². The minimum absolute atomic E-state index is 0.792. The van der Waals surface area contributed by atoms with Gasteiger partial charge in [-0.05, 0) is 6.42 Å². The summed E-state index contributed by atoms with van der Waals surface area (Å²) in [6, 6.07) is 0. The topological polar surface area (TPSA) is 9.23 Å². The van der Waals surface area contributed by atoms with Crippen molar-refractivity contribution in [2.24, 2.45) is 0 Å². The van der Waals surface area contributed by atoms with Crippen LogP contribution < -0.4 is 0 Å². The molecule has 0 heterocycles. The third-order valence-electron chi connectivity index (χ3n) is 0.189. The molecule has 7 heavy (non-hydrogen) atoms. The van der Waals surface area contributed by atoms with Crippen LogP contribution in [0.4, 0.5) is 0 Å². The van der Waals surface area contributed by atoms with Gasteiger partial charge in [-0.2, -0.15) is 3.84 Å². The minimum Gasteiger partial charge on any atom is -0.166 e. The van der Waals surface area contributed by atoms with E-state index in [1.54, 1.807) is 0 Å². The molecule has 0 aliphatic heterocycles. The van der Waals surface area contributed by atoms with Crippen LogP contribution in [0, 0.1) is 0 Å². The lowest BCUT2D eigenvalue weighted by Crippen LogP contribution is -1.55. The number of hydrogen-bond acceptors (Lipinski definition) is 1. The van der Waals surface area contributed by atoms with Gasteiger partial charge in [0.25, 0.3) is 0 Å². The molecule has 46 valence electrons. The summed E-state index contributed by atoms with van der Waals surface area (Å²) in [6.45, 7) is 2.05. The van der Waals surface area contributed by atoms with Crippen LogP contribution in [0.3, 0.4) is 0 Å². The highest BCUT2D eigenvalue weighted by atomic mass is 35.6. The summed E-state index contributed by atoms with van der Waals surface area (Å²) in [5, 5.41) is 0. The van der Waals surface area contributed by atoms with Crippen LogP contribution in [0.25, 0.3) is 0 Å². The van der Waals surface area contributed by atoms with E-state index < -0.39 is 0 Å². The molecule has 0 aliphatic rings. The number of halogens is 3. The van der Waals surface area contributed by atoms with Gasteiger partial charge < -0.3 is 0 Å². The molecule has 0 saturated carbocycles. The third-order valence-corrected chi connectivity index (χ3v) is 0.567. The van der Waals surface area contributed by atoms with Crippen molar-refractivity contribution in [2.45, 2.75) is 13.3 Å². The van der Waals surface area contributed by atoms with Gasteiger partial charge in [-0.1, -0.05) is 6.92 Å². The largest absolute Gasteiger partial charge is 0.166 e. The smallest absolute Gasteiger partial charge is 0.0832 e. The molecule has 1 nitrogen and oxygen atoms in total. The van der Waals surface area contributed by atoms with Crippen molar-refractivity contribution < 1.29 is 3.84 Å². The summed E-state index contributed by atoms with van der Waals surface area (Å²) in [4.78, 5) is 0.